The zero-order chi connectivity index (χ0) is 31.3. The fourth-order valence-electron chi connectivity index (χ4n) is 5.05. The fraction of sp³-hybridized carbons (Fsp3) is 0.333. The number of halogens is 3. The lowest BCUT2D eigenvalue weighted by atomic mass is 10.1. The highest BCUT2D eigenvalue weighted by molar-refractivity contribution is 5.92. The minimum atomic E-state index is -5.05. The summed E-state index contributed by atoms with van der Waals surface area (Å²) in [6, 6.07) is 15.5. The number of fused-ring (bicyclic) bond motifs is 1. The van der Waals surface area contributed by atoms with Crippen LogP contribution in [0.3, 0.4) is 0 Å². The quantitative estimate of drug-likeness (QED) is 0.185. The Balaban J connectivity index is 1.59. The van der Waals surface area contributed by atoms with E-state index in [4.69, 9.17) is 23.4 Å². The van der Waals surface area contributed by atoms with Crippen LogP contribution in [-0.2, 0) is 23.9 Å². The Kier molecular flexibility index (Phi) is 9.55. The lowest BCUT2D eigenvalue weighted by molar-refractivity contribution is -0.921. The van der Waals surface area contributed by atoms with Crippen LogP contribution in [0.25, 0.3) is 11.0 Å². The second-order valence-electron chi connectivity index (χ2n) is 10.4. The Morgan fingerprint density at radius 1 is 0.932 bits per heavy atom. The summed E-state index contributed by atoms with van der Waals surface area (Å²) < 4.78 is 70.8. The van der Waals surface area contributed by atoms with Gasteiger partial charge in [-0.2, -0.15) is 13.2 Å². The Labute approximate surface area is 251 Å². The fourth-order valence-corrected chi connectivity index (χ4v) is 5.05. The molecule has 2 heterocycles. The van der Waals surface area contributed by atoms with Crippen LogP contribution >= 0.6 is 0 Å². The van der Waals surface area contributed by atoms with Gasteiger partial charge in [0, 0.05) is 0 Å². The molecule has 232 valence electrons. The highest BCUT2D eigenvalue weighted by Gasteiger charge is 2.41. The summed E-state index contributed by atoms with van der Waals surface area (Å²) >= 11 is 0. The third-order valence-electron chi connectivity index (χ3n) is 7.25. The largest absolute Gasteiger partial charge is 0.494 e. The number of morpholine rings is 1. The van der Waals surface area contributed by atoms with E-state index in [9.17, 15) is 22.8 Å². The zero-order valence-corrected chi connectivity index (χ0v) is 24.4. The molecule has 0 bridgehead atoms. The van der Waals surface area contributed by atoms with Crippen molar-refractivity contribution in [3.63, 3.8) is 0 Å². The summed E-state index contributed by atoms with van der Waals surface area (Å²) in [4.78, 5) is 27.7. The highest BCUT2D eigenvalue weighted by Crippen LogP contribution is 2.40. The number of aryl methyl sites for hydroxylation is 1. The van der Waals surface area contributed by atoms with Gasteiger partial charge in [0.15, 0.2) is 5.58 Å². The Hall–Kier alpha value is -4.35. The van der Waals surface area contributed by atoms with Gasteiger partial charge in [0.25, 0.3) is 5.76 Å². The predicted molar refractivity (Wildman–Crippen MR) is 156 cm³/mol. The number of rotatable bonds is 10. The molecule has 1 aliphatic rings. The van der Waals surface area contributed by atoms with E-state index in [1.54, 1.807) is 24.3 Å². The van der Waals surface area contributed by atoms with E-state index in [0.29, 0.717) is 38.7 Å². The Bertz CT molecular complexity index is 1660. The molecule has 0 atom stereocenters. The summed E-state index contributed by atoms with van der Waals surface area (Å²) in [5.41, 5.74) is 0.0629. The molecule has 0 aliphatic carbocycles. The van der Waals surface area contributed by atoms with Gasteiger partial charge in [-0.1, -0.05) is 25.5 Å². The van der Waals surface area contributed by atoms with Gasteiger partial charge in [-0.3, -0.25) is 4.79 Å². The first-order valence-electron chi connectivity index (χ1n) is 14.5. The number of ether oxygens (including phenoxy) is 4. The summed E-state index contributed by atoms with van der Waals surface area (Å²) in [5, 5.41) is -0.126. The minimum absolute atomic E-state index is 0.00756. The molecular formula is C33H33F3NO7+. The topological polar surface area (TPSA) is 88.6 Å². The summed E-state index contributed by atoms with van der Waals surface area (Å²) in [6.45, 7) is 6.47. The monoisotopic (exact) mass is 612 g/mol. The SMILES string of the molecule is CCCc1ccc(Oc2c(C(F)(F)F)oc3c(C[NH+]4CCOCC4)c(OC(=O)c4ccc(OCC)cc4)ccc3c2=O)cc1. The third-order valence-corrected chi connectivity index (χ3v) is 7.25. The average molecular weight is 613 g/mol. The zero-order valence-electron chi connectivity index (χ0n) is 24.4. The van der Waals surface area contributed by atoms with Gasteiger partial charge < -0.3 is 28.3 Å². The summed E-state index contributed by atoms with van der Waals surface area (Å²) in [6.07, 6.45) is -3.35. The van der Waals surface area contributed by atoms with E-state index in [-0.39, 0.29) is 40.1 Å². The van der Waals surface area contributed by atoms with Crippen LogP contribution in [0, 0.1) is 0 Å². The molecule has 4 aromatic rings. The van der Waals surface area contributed by atoms with Crippen molar-refractivity contribution in [2.75, 3.05) is 32.9 Å². The molecule has 5 rings (SSSR count). The molecule has 3 aromatic carbocycles. The van der Waals surface area contributed by atoms with E-state index < -0.39 is 29.1 Å². The molecule has 0 spiro atoms. The molecule has 11 heteroatoms. The van der Waals surface area contributed by atoms with Crippen LogP contribution in [0.1, 0.15) is 47.5 Å². The van der Waals surface area contributed by atoms with Crippen LogP contribution in [-0.4, -0.2) is 38.9 Å². The molecule has 1 aliphatic heterocycles. The van der Waals surface area contributed by atoms with Crippen molar-refractivity contribution in [2.24, 2.45) is 0 Å². The van der Waals surface area contributed by atoms with E-state index in [0.717, 1.165) is 23.3 Å². The van der Waals surface area contributed by atoms with Crippen LogP contribution in [0.2, 0.25) is 0 Å². The van der Waals surface area contributed by atoms with Crippen molar-refractivity contribution < 1.29 is 46.2 Å². The number of quaternary nitrogens is 1. The lowest BCUT2D eigenvalue weighted by Crippen LogP contribution is -3.12. The maximum atomic E-state index is 14.4. The Morgan fingerprint density at radius 3 is 2.25 bits per heavy atom. The molecule has 0 radical (unpaired) electrons. The molecule has 1 N–H and O–H groups in total. The maximum absolute atomic E-state index is 14.4. The molecule has 8 nitrogen and oxygen atoms in total. The maximum Gasteiger partial charge on any atom is 0.453 e. The van der Waals surface area contributed by atoms with E-state index in [1.807, 2.05) is 13.8 Å². The summed E-state index contributed by atoms with van der Waals surface area (Å²) in [5.74, 6) is -2.62. The first-order valence-corrected chi connectivity index (χ1v) is 14.5. The van der Waals surface area contributed by atoms with E-state index in [2.05, 4.69) is 0 Å². The van der Waals surface area contributed by atoms with Crippen molar-refractivity contribution in [2.45, 2.75) is 39.4 Å². The number of nitrogens with one attached hydrogen (secondary N) is 1. The average Bonchev–Trinajstić information content (AvgIpc) is 3.01. The second-order valence-corrected chi connectivity index (χ2v) is 10.4. The second kappa shape index (κ2) is 13.5. The number of esters is 1. The van der Waals surface area contributed by atoms with Crippen molar-refractivity contribution in [3.05, 3.63) is 93.3 Å². The number of alkyl halides is 3. The molecule has 1 aromatic heterocycles. The molecule has 0 unspecified atom stereocenters. The minimum Gasteiger partial charge on any atom is -0.494 e. The van der Waals surface area contributed by atoms with Crippen molar-refractivity contribution in [1.29, 1.82) is 0 Å². The summed E-state index contributed by atoms with van der Waals surface area (Å²) in [7, 11) is 0. The van der Waals surface area contributed by atoms with Crippen LogP contribution in [0.5, 0.6) is 23.0 Å². The number of carbonyl (C=O) groups is 1. The standard InChI is InChI=1S/C33H32F3NO7/c1-3-5-21-6-10-24(11-7-21)42-30-28(38)25-14-15-27(43-32(39)22-8-12-23(13-9-22)41-4-2)26(20-37-16-18-40-19-17-37)29(25)44-31(30)33(34,35)36/h6-15H,3-5,16-20H2,1-2H3/p+1. The van der Waals surface area contributed by atoms with Crippen LogP contribution in [0.15, 0.2) is 69.9 Å². The van der Waals surface area contributed by atoms with Gasteiger partial charge in [0.1, 0.15) is 36.9 Å². The number of carbonyl (C=O) groups excluding carboxylic acids is 1. The van der Waals surface area contributed by atoms with E-state index in [1.165, 1.54) is 36.4 Å². The van der Waals surface area contributed by atoms with Gasteiger partial charge >= 0.3 is 12.1 Å². The molecule has 0 saturated carbocycles. The van der Waals surface area contributed by atoms with Gasteiger partial charge in [-0.05, 0) is 67.4 Å². The molecule has 0 amide bonds. The van der Waals surface area contributed by atoms with Crippen molar-refractivity contribution in [3.8, 4) is 23.0 Å². The molecule has 1 fully saturated rings. The lowest BCUT2D eigenvalue weighted by Gasteiger charge is -2.25. The van der Waals surface area contributed by atoms with Crippen LogP contribution < -0.4 is 24.5 Å². The van der Waals surface area contributed by atoms with Gasteiger partial charge in [-0.15, -0.1) is 0 Å². The number of benzene rings is 3. The van der Waals surface area contributed by atoms with Crippen LogP contribution in [0.4, 0.5) is 13.2 Å². The normalized spacial score (nSPS) is 14.0. The predicted octanol–water partition coefficient (Wildman–Crippen LogP) is 5.59. The van der Waals surface area contributed by atoms with E-state index >= 15 is 0 Å². The molecular weight excluding hydrogens is 579 g/mol. The third kappa shape index (κ3) is 7.06. The molecule has 1 saturated heterocycles. The molecule has 44 heavy (non-hydrogen) atoms. The smallest absolute Gasteiger partial charge is 0.453 e. The van der Waals surface area contributed by atoms with Crippen molar-refractivity contribution in [1.82, 2.24) is 0 Å². The van der Waals surface area contributed by atoms with Gasteiger partial charge in [0.2, 0.25) is 11.2 Å². The Morgan fingerprint density at radius 2 is 1.61 bits per heavy atom. The first kappa shape index (κ1) is 31.1. The first-order chi connectivity index (χ1) is 21.2. The number of hydrogen-bond donors (Lipinski definition) is 1. The number of hydrogen-bond acceptors (Lipinski definition) is 7. The van der Waals surface area contributed by atoms with Gasteiger partial charge in [-0.25, -0.2) is 4.79 Å². The van der Waals surface area contributed by atoms with Crippen molar-refractivity contribution >= 4 is 16.9 Å². The van der Waals surface area contributed by atoms with Gasteiger partial charge in [0.05, 0.1) is 36.3 Å². The highest BCUT2D eigenvalue weighted by atomic mass is 19.4.